The molecule has 7 heteroatoms. The van der Waals surface area contributed by atoms with Crippen molar-refractivity contribution in [3.63, 3.8) is 0 Å². The van der Waals surface area contributed by atoms with Crippen LogP contribution in [0.2, 0.25) is 5.02 Å². The van der Waals surface area contributed by atoms with Crippen molar-refractivity contribution in [3.05, 3.63) is 76.9 Å². The number of benzene rings is 2. The number of rotatable bonds is 5. The molecule has 0 aliphatic carbocycles. The molecule has 2 heterocycles. The van der Waals surface area contributed by atoms with E-state index in [9.17, 15) is 4.79 Å². The molecule has 3 aromatic rings. The summed E-state index contributed by atoms with van der Waals surface area (Å²) in [5.41, 5.74) is 1.76. The number of hydrogen-bond acceptors (Lipinski definition) is 4. The number of hydrogen-bond donors (Lipinski definition) is 2. The van der Waals surface area contributed by atoms with E-state index in [0.29, 0.717) is 17.3 Å². The molecule has 156 valence electrons. The Hall–Kier alpha value is -1.99. The maximum absolute atomic E-state index is 13.2. The predicted octanol–water partition coefficient (Wildman–Crippen LogP) is 4.55. The first-order valence-corrected chi connectivity index (χ1v) is 11.3. The third-order valence-corrected chi connectivity index (χ3v) is 6.85. The second-order valence-corrected chi connectivity index (χ2v) is 9.27. The predicted molar refractivity (Wildman–Crippen MR) is 125 cm³/mol. The van der Waals surface area contributed by atoms with E-state index in [1.807, 2.05) is 54.6 Å². The highest BCUT2D eigenvalue weighted by atomic mass is 79.9. The fourth-order valence-electron chi connectivity index (χ4n) is 3.76. The number of likely N-dealkylation sites (tertiary alicyclic amines) is 1. The van der Waals surface area contributed by atoms with Gasteiger partial charge in [-0.3, -0.25) is 15.0 Å². The molecule has 4 rings (SSSR count). The lowest BCUT2D eigenvalue weighted by Gasteiger charge is -2.44. The van der Waals surface area contributed by atoms with E-state index in [0.717, 1.165) is 35.9 Å². The fourth-order valence-corrected chi connectivity index (χ4v) is 4.73. The summed E-state index contributed by atoms with van der Waals surface area (Å²) < 4.78 is 0. The van der Waals surface area contributed by atoms with Crippen LogP contribution in [0.15, 0.2) is 60.7 Å². The maximum atomic E-state index is 13.2. The van der Waals surface area contributed by atoms with Crippen LogP contribution in [0.5, 0.6) is 0 Å². The van der Waals surface area contributed by atoms with E-state index in [2.05, 4.69) is 43.5 Å². The van der Waals surface area contributed by atoms with Gasteiger partial charge in [0.15, 0.2) is 0 Å². The number of carbonyl (C=O) groups excluding carboxylic acids is 1. The molecule has 1 aliphatic heterocycles. The first-order chi connectivity index (χ1) is 14.4. The van der Waals surface area contributed by atoms with Gasteiger partial charge in [0.1, 0.15) is 5.69 Å². The van der Waals surface area contributed by atoms with Crippen molar-refractivity contribution >= 4 is 44.3 Å². The summed E-state index contributed by atoms with van der Waals surface area (Å²) in [5.74, 6) is -0.177. The molecule has 5 nitrogen and oxygen atoms in total. The zero-order valence-electron chi connectivity index (χ0n) is 16.7. The summed E-state index contributed by atoms with van der Waals surface area (Å²) in [5, 5.41) is 8.56. The standard InChI is InChI=1S/C23H24BrClN4O/c1-29-12-11-23(14-21(29)24,26-15-16-5-4-7-18(25)13-16)28-22(30)20-10-9-17-6-2-3-8-19(17)27-20/h2-10,13,21,26H,11-12,14-15H2,1H3,(H,28,30). The molecular weight excluding hydrogens is 464 g/mol. The Kier molecular flexibility index (Phi) is 6.39. The summed E-state index contributed by atoms with van der Waals surface area (Å²) in [6.07, 6.45) is 1.51. The van der Waals surface area contributed by atoms with E-state index >= 15 is 0 Å². The lowest BCUT2D eigenvalue weighted by molar-refractivity contribution is 0.0733. The normalized spacial score (nSPS) is 22.2. The minimum atomic E-state index is -0.548. The van der Waals surface area contributed by atoms with E-state index in [4.69, 9.17) is 11.6 Å². The summed E-state index contributed by atoms with van der Waals surface area (Å²) in [7, 11) is 2.08. The van der Waals surface area contributed by atoms with E-state index in [1.165, 1.54) is 0 Å². The van der Waals surface area contributed by atoms with Gasteiger partial charge in [0.2, 0.25) is 0 Å². The van der Waals surface area contributed by atoms with Crippen molar-refractivity contribution in [2.45, 2.75) is 30.0 Å². The van der Waals surface area contributed by atoms with Gasteiger partial charge >= 0.3 is 0 Å². The number of fused-ring (bicyclic) bond motifs is 1. The van der Waals surface area contributed by atoms with Crippen LogP contribution in [0.4, 0.5) is 0 Å². The Balaban J connectivity index is 1.56. The van der Waals surface area contributed by atoms with Gasteiger partial charge in [-0.15, -0.1) is 0 Å². The fraction of sp³-hybridized carbons (Fsp3) is 0.304. The Labute approximate surface area is 189 Å². The minimum absolute atomic E-state index is 0.156. The molecule has 1 aliphatic rings. The number of alkyl halides is 1. The number of nitrogens with one attached hydrogen (secondary N) is 2. The number of amides is 1. The molecule has 1 saturated heterocycles. The summed E-state index contributed by atoms with van der Waals surface area (Å²) >= 11 is 9.88. The molecule has 1 fully saturated rings. The number of nitrogens with zero attached hydrogens (tertiary/aromatic N) is 2. The zero-order valence-corrected chi connectivity index (χ0v) is 19.1. The van der Waals surface area contributed by atoms with Gasteiger partial charge in [-0.25, -0.2) is 4.98 Å². The molecule has 0 spiro atoms. The highest BCUT2D eigenvalue weighted by Crippen LogP contribution is 2.28. The Morgan fingerprint density at radius 1 is 1.23 bits per heavy atom. The van der Waals surface area contributed by atoms with Crippen molar-refractivity contribution in [2.75, 3.05) is 13.6 Å². The highest BCUT2D eigenvalue weighted by molar-refractivity contribution is 9.09. The van der Waals surface area contributed by atoms with E-state index < -0.39 is 5.66 Å². The molecule has 2 unspecified atom stereocenters. The molecular formula is C23H24BrClN4O. The second-order valence-electron chi connectivity index (χ2n) is 7.78. The molecule has 1 aromatic heterocycles. The van der Waals surface area contributed by atoms with Crippen LogP contribution in [0, 0.1) is 0 Å². The van der Waals surface area contributed by atoms with Crippen LogP contribution in [0.1, 0.15) is 28.9 Å². The number of halogens is 2. The van der Waals surface area contributed by atoms with Crippen LogP contribution in [0.25, 0.3) is 10.9 Å². The second kappa shape index (κ2) is 9.02. The highest BCUT2D eigenvalue weighted by Gasteiger charge is 2.39. The lowest BCUT2D eigenvalue weighted by Crippen LogP contribution is -2.64. The molecule has 1 amide bonds. The van der Waals surface area contributed by atoms with Crippen molar-refractivity contribution in [1.29, 1.82) is 0 Å². The lowest BCUT2D eigenvalue weighted by atomic mass is 9.95. The Morgan fingerprint density at radius 3 is 2.87 bits per heavy atom. The number of piperidine rings is 1. The van der Waals surface area contributed by atoms with E-state index in [1.54, 1.807) is 6.07 Å². The molecule has 2 N–H and O–H groups in total. The maximum Gasteiger partial charge on any atom is 0.271 e. The van der Waals surface area contributed by atoms with Crippen molar-refractivity contribution < 1.29 is 4.79 Å². The summed E-state index contributed by atoms with van der Waals surface area (Å²) in [6.45, 7) is 1.46. The van der Waals surface area contributed by atoms with Gasteiger partial charge < -0.3 is 5.32 Å². The monoisotopic (exact) mass is 486 g/mol. The molecule has 0 saturated carbocycles. The van der Waals surface area contributed by atoms with E-state index in [-0.39, 0.29) is 10.9 Å². The number of carbonyl (C=O) groups is 1. The van der Waals surface area contributed by atoms with Crippen LogP contribution < -0.4 is 10.6 Å². The largest absolute Gasteiger partial charge is 0.332 e. The summed E-state index contributed by atoms with van der Waals surface area (Å²) in [6, 6.07) is 19.3. The Bertz CT molecular complexity index is 1060. The first-order valence-electron chi connectivity index (χ1n) is 9.96. The zero-order chi connectivity index (χ0) is 21.1. The number of pyridine rings is 1. The van der Waals surface area contributed by atoms with Crippen LogP contribution >= 0.6 is 27.5 Å². The Morgan fingerprint density at radius 2 is 2.07 bits per heavy atom. The smallest absolute Gasteiger partial charge is 0.271 e. The average Bonchev–Trinajstić information content (AvgIpc) is 2.75. The average molecular weight is 488 g/mol. The molecule has 2 aromatic carbocycles. The number of aromatic nitrogens is 1. The topological polar surface area (TPSA) is 57.3 Å². The van der Waals surface area contributed by atoms with Crippen LogP contribution in [-0.2, 0) is 6.54 Å². The number of para-hydroxylation sites is 1. The first kappa shape index (κ1) is 21.2. The third kappa shape index (κ3) is 4.83. The van der Waals surface area contributed by atoms with Crippen LogP contribution in [-0.4, -0.2) is 40.0 Å². The van der Waals surface area contributed by atoms with Crippen molar-refractivity contribution in [1.82, 2.24) is 20.5 Å². The van der Waals surface area contributed by atoms with Gasteiger partial charge in [0.25, 0.3) is 5.91 Å². The van der Waals surface area contributed by atoms with Gasteiger partial charge in [-0.2, -0.15) is 0 Å². The van der Waals surface area contributed by atoms with Crippen molar-refractivity contribution in [3.8, 4) is 0 Å². The van der Waals surface area contributed by atoms with Gasteiger partial charge in [-0.05, 0) is 43.3 Å². The molecule has 2 atom stereocenters. The third-order valence-electron chi connectivity index (χ3n) is 5.59. The summed E-state index contributed by atoms with van der Waals surface area (Å²) in [4.78, 5) is 20.1. The molecule has 0 bridgehead atoms. The quantitative estimate of drug-likeness (QED) is 0.315. The van der Waals surface area contributed by atoms with Crippen LogP contribution in [0.3, 0.4) is 0 Å². The van der Waals surface area contributed by atoms with Gasteiger partial charge in [0, 0.05) is 29.9 Å². The van der Waals surface area contributed by atoms with Crippen molar-refractivity contribution in [2.24, 2.45) is 0 Å². The minimum Gasteiger partial charge on any atom is -0.332 e. The van der Waals surface area contributed by atoms with Gasteiger partial charge in [-0.1, -0.05) is 63.9 Å². The van der Waals surface area contributed by atoms with Gasteiger partial charge in [0.05, 0.1) is 16.1 Å². The molecule has 0 radical (unpaired) electrons. The SMILES string of the molecule is CN1CCC(NCc2cccc(Cl)c2)(NC(=O)c2ccc3ccccc3n2)CC1Br. The molecule has 30 heavy (non-hydrogen) atoms.